The second-order valence-corrected chi connectivity index (χ2v) is 2.86. The molecule has 0 amide bonds. The van der Waals surface area contributed by atoms with Crippen LogP contribution in [0.4, 0.5) is 0 Å². The summed E-state index contributed by atoms with van der Waals surface area (Å²) in [5.41, 5.74) is 0. The van der Waals surface area contributed by atoms with Crippen LogP contribution in [-0.4, -0.2) is 30.1 Å². The Bertz CT molecular complexity index is 133. The van der Waals surface area contributed by atoms with Crippen molar-refractivity contribution < 1.29 is 23.2 Å². The molecule has 0 bridgehead atoms. The molecule has 0 saturated carbocycles. The standard InChI is InChI=1S/C2H6O5S/c3-2(4)1-8(5,6)7/h8H,1H2,(H,3,4)(H2,5,6,7). The number of aliphatic carboxylic acids is 1. The summed E-state index contributed by atoms with van der Waals surface area (Å²) in [5.74, 6) is -2.58. The number of carboxylic acid groups (broad SMARTS) is 1. The molecule has 50 valence electrons. The molecule has 0 saturated heterocycles. The van der Waals surface area contributed by atoms with Gasteiger partial charge in [0.25, 0.3) is 0 Å². The first-order valence-electron chi connectivity index (χ1n) is 1.68. The van der Waals surface area contributed by atoms with Gasteiger partial charge in [0, 0.05) is 0 Å². The zero-order valence-electron chi connectivity index (χ0n) is 3.81. The number of carboxylic acids is 1. The normalized spacial score (nSPS) is 13.2. The van der Waals surface area contributed by atoms with Gasteiger partial charge in [-0.1, -0.05) is 0 Å². The van der Waals surface area contributed by atoms with Crippen LogP contribution in [-0.2, 0) is 15.3 Å². The lowest BCUT2D eigenvalue weighted by molar-refractivity contribution is -0.134. The minimum absolute atomic E-state index is 1.09. The van der Waals surface area contributed by atoms with Crippen LogP contribution in [0.5, 0.6) is 0 Å². The zero-order valence-corrected chi connectivity index (χ0v) is 4.71. The minimum atomic E-state index is -4.32. The zero-order chi connectivity index (χ0) is 6.78. The van der Waals surface area contributed by atoms with E-state index >= 15 is 0 Å². The van der Waals surface area contributed by atoms with Crippen LogP contribution in [0, 0.1) is 0 Å². The summed E-state index contributed by atoms with van der Waals surface area (Å²) < 4.78 is 25.6. The van der Waals surface area contributed by atoms with Gasteiger partial charge in [0.1, 0.15) is 5.75 Å². The summed E-state index contributed by atoms with van der Waals surface area (Å²) in [6, 6.07) is 0. The summed E-state index contributed by atoms with van der Waals surface area (Å²) in [5, 5.41) is 7.76. The lowest BCUT2D eigenvalue weighted by Crippen LogP contribution is -2.20. The van der Waals surface area contributed by atoms with Gasteiger partial charge in [0.05, 0.1) is 10.5 Å². The molecule has 0 aliphatic heterocycles. The van der Waals surface area contributed by atoms with E-state index in [0.29, 0.717) is 0 Å². The molecule has 0 aliphatic rings. The van der Waals surface area contributed by atoms with E-state index in [0.717, 1.165) is 0 Å². The Balaban J connectivity index is 3.74. The fraction of sp³-hybridized carbons (Fsp3) is 0.500. The van der Waals surface area contributed by atoms with E-state index in [1.54, 1.807) is 0 Å². The van der Waals surface area contributed by atoms with Gasteiger partial charge >= 0.3 is 5.97 Å². The third-order valence-corrected chi connectivity index (χ3v) is 1.02. The Morgan fingerprint density at radius 3 is 1.88 bits per heavy atom. The molecule has 0 aliphatic carbocycles. The molecule has 8 heavy (non-hydrogen) atoms. The molecule has 0 aromatic carbocycles. The largest absolute Gasteiger partial charge is 0.480 e. The number of carbonyl (C=O) groups is 1. The van der Waals surface area contributed by atoms with Crippen molar-refractivity contribution in [2.75, 3.05) is 5.75 Å². The van der Waals surface area contributed by atoms with E-state index in [4.69, 9.17) is 14.2 Å². The van der Waals surface area contributed by atoms with Crippen LogP contribution in [0.3, 0.4) is 0 Å². The topological polar surface area (TPSA) is 94.8 Å². The van der Waals surface area contributed by atoms with E-state index in [9.17, 15) is 9.00 Å². The van der Waals surface area contributed by atoms with E-state index in [1.165, 1.54) is 0 Å². The highest BCUT2D eigenvalue weighted by molar-refractivity contribution is 7.93. The summed E-state index contributed by atoms with van der Waals surface area (Å²) in [6.45, 7) is 0. The molecule has 0 aromatic rings. The summed E-state index contributed by atoms with van der Waals surface area (Å²) in [7, 11) is -4.32. The lowest BCUT2D eigenvalue weighted by Gasteiger charge is -2.03. The van der Waals surface area contributed by atoms with Gasteiger partial charge < -0.3 is 14.2 Å². The molecule has 0 aromatic heterocycles. The molecular weight excluding hydrogens is 136 g/mol. The van der Waals surface area contributed by atoms with Crippen molar-refractivity contribution in [1.29, 1.82) is 0 Å². The highest BCUT2D eigenvalue weighted by Crippen LogP contribution is 1.88. The maximum atomic E-state index is 9.76. The Labute approximate surface area is 46.4 Å². The summed E-state index contributed by atoms with van der Waals surface area (Å²) in [4.78, 5) is 9.52. The van der Waals surface area contributed by atoms with Crippen LogP contribution < -0.4 is 0 Å². The average Bonchev–Trinajstić information content (AvgIpc) is 1.21. The highest BCUT2D eigenvalue weighted by atomic mass is 32.3. The minimum Gasteiger partial charge on any atom is -0.480 e. The maximum absolute atomic E-state index is 9.76. The number of rotatable bonds is 2. The molecule has 5 nitrogen and oxygen atoms in total. The molecule has 0 unspecified atom stereocenters. The maximum Gasteiger partial charge on any atom is 0.318 e. The van der Waals surface area contributed by atoms with Crippen molar-refractivity contribution in [2.45, 2.75) is 0 Å². The van der Waals surface area contributed by atoms with Crippen molar-refractivity contribution in [1.82, 2.24) is 0 Å². The Hall–Kier alpha value is -0.460. The quantitative estimate of drug-likeness (QED) is 0.372. The molecular formula is C2H6O5S. The van der Waals surface area contributed by atoms with E-state index in [2.05, 4.69) is 0 Å². The van der Waals surface area contributed by atoms with Crippen LogP contribution in [0.2, 0.25) is 0 Å². The third kappa shape index (κ3) is 5.54. The molecule has 3 N–H and O–H groups in total. The fourth-order valence-corrected chi connectivity index (χ4v) is 0.529. The molecule has 0 heterocycles. The number of hydrogen-bond donors (Lipinski definition) is 4. The first-order valence-corrected chi connectivity index (χ1v) is 3.48. The summed E-state index contributed by atoms with van der Waals surface area (Å²) >= 11 is 0. The van der Waals surface area contributed by atoms with Gasteiger partial charge in [-0.3, -0.25) is 4.79 Å². The molecule has 0 radical (unpaired) electrons. The second kappa shape index (κ2) is 2.21. The van der Waals surface area contributed by atoms with Crippen molar-refractivity contribution in [3.05, 3.63) is 0 Å². The SMILES string of the molecule is O=C(O)C[SH](=O)(O)O. The molecule has 6 heteroatoms. The van der Waals surface area contributed by atoms with E-state index < -0.39 is 22.2 Å². The third-order valence-electron chi connectivity index (χ3n) is 0.341. The molecule has 0 fully saturated rings. The van der Waals surface area contributed by atoms with Gasteiger partial charge in [0.2, 0.25) is 0 Å². The Kier molecular flexibility index (Phi) is 2.08. The van der Waals surface area contributed by atoms with E-state index in [-0.39, 0.29) is 0 Å². The van der Waals surface area contributed by atoms with Crippen LogP contribution in [0.1, 0.15) is 0 Å². The first kappa shape index (κ1) is 7.54. The van der Waals surface area contributed by atoms with Crippen LogP contribution in [0.25, 0.3) is 0 Å². The molecule has 0 atom stereocenters. The van der Waals surface area contributed by atoms with Gasteiger partial charge in [-0.25, -0.2) is 4.21 Å². The van der Waals surface area contributed by atoms with Crippen molar-refractivity contribution >= 4 is 16.5 Å². The lowest BCUT2D eigenvalue weighted by atomic mass is 10.8. The van der Waals surface area contributed by atoms with Crippen molar-refractivity contribution in [3.8, 4) is 0 Å². The van der Waals surface area contributed by atoms with Crippen molar-refractivity contribution in [2.24, 2.45) is 0 Å². The average molecular weight is 142 g/mol. The van der Waals surface area contributed by atoms with Crippen LogP contribution in [0.15, 0.2) is 0 Å². The monoisotopic (exact) mass is 142 g/mol. The highest BCUT2D eigenvalue weighted by Gasteiger charge is 2.08. The predicted octanol–water partition coefficient (Wildman–Crippen LogP) is -0.966. The Morgan fingerprint density at radius 2 is 1.88 bits per heavy atom. The second-order valence-electron chi connectivity index (χ2n) is 1.22. The van der Waals surface area contributed by atoms with Gasteiger partial charge in [-0.15, -0.1) is 0 Å². The predicted molar refractivity (Wildman–Crippen MR) is 27.3 cm³/mol. The van der Waals surface area contributed by atoms with Crippen LogP contribution >= 0.6 is 0 Å². The van der Waals surface area contributed by atoms with Gasteiger partial charge in [0.15, 0.2) is 0 Å². The Morgan fingerprint density at radius 1 is 1.50 bits per heavy atom. The molecule has 0 spiro atoms. The number of hydrogen-bond acceptors (Lipinski definition) is 2. The first-order chi connectivity index (χ1) is 3.42. The summed E-state index contributed by atoms with van der Waals surface area (Å²) in [6.07, 6.45) is 0. The van der Waals surface area contributed by atoms with Gasteiger partial charge in [-0.2, -0.15) is 0 Å². The fourth-order valence-electron chi connectivity index (χ4n) is 0.176. The smallest absolute Gasteiger partial charge is 0.318 e. The van der Waals surface area contributed by atoms with E-state index in [1.807, 2.05) is 0 Å². The number of thiol groups is 1. The molecule has 0 rings (SSSR count). The van der Waals surface area contributed by atoms with Gasteiger partial charge in [-0.05, 0) is 0 Å². The van der Waals surface area contributed by atoms with Crippen molar-refractivity contribution in [3.63, 3.8) is 0 Å².